The van der Waals surface area contributed by atoms with Gasteiger partial charge >= 0.3 is 0 Å². The molecule has 0 radical (unpaired) electrons. The van der Waals surface area contributed by atoms with Crippen molar-refractivity contribution in [3.05, 3.63) is 70.6 Å². The molecule has 0 aliphatic heterocycles. The number of nitrogens with one attached hydrogen (secondary N) is 1. The summed E-state index contributed by atoms with van der Waals surface area (Å²) in [6, 6.07) is 17.2. The molecule has 1 aromatic heterocycles. The fourth-order valence-corrected chi connectivity index (χ4v) is 3.58. The zero-order valence-corrected chi connectivity index (χ0v) is 12.3. The maximum absolute atomic E-state index is 5.82. The zero-order valence-electron chi connectivity index (χ0n) is 11.5. The first-order valence-corrected chi connectivity index (χ1v) is 7.64. The van der Waals surface area contributed by atoms with Crippen LogP contribution in [0, 0.1) is 6.92 Å². The first-order chi connectivity index (χ1) is 9.79. The van der Waals surface area contributed by atoms with Gasteiger partial charge in [0, 0.05) is 4.70 Å². The maximum Gasteiger partial charge on any atom is 0.0514 e. The Morgan fingerprint density at radius 3 is 2.75 bits per heavy atom. The third-order valence-corrected chi connectivity index (χ3v) is 4.75. The van der Waals surface area contributed by atoms with E-state index in [0.29, 0.717) is 0 Å². The van der Waals surface area contributed by atoms with Crippen molar-refractivity contribution in [1.82, 2.24) is 5.43 Å². The number of thiophene rings is 1. The molecule has 102 valence electrons. The lowest BCUT2D eigenvalue weighted by Gasteiger charge is -2.18. The summed E-state index contributed by atoms with van der Waals surface area (Å²) >= 11 is 1.78. The highest BCUT2D eigenvalue weighted by molar-refractivity contribution is 7.17. The van der Waals surface area contributed by atoms with Gasteiger partial charge in [-0.2, -0.15) is 0 Å². The molecule has 0 aliphatic rings. The molecule has 3 aromatic rings. The fourth-order valence-electron chi connectivity index (χ4n) is 2.61. The third-order valence-electron chi connectivity index (χ3n) is 3.77. The Hall–Kier alpha value is -1.68. The molecule has 3 heteroatoms. The largest absolute Gasteiger partial charge is 0.271 e. The summed E-state index contributed by atoms with van der Waals surface area (Å²) in [5.41, 5.74) is 6.91. The highest BCUT2D eigenvalue weighted by Gasteiger charge is 2.15. The lowest BCUT2D eigenvalue weighted by atomic mass is 9.96. The van der Waals surface area contributed by atoms with Crippen molar-refractivity contribution >= 4 is 21.4 Å². The molecule has 1 atom stereocenters. The highest BCUT2D eigenvalue weighted by Crippen LogP contribution is 2.30. The van der Waals surface area contributed by atoms with Gasteiger partial charge in [0.2, 0.25) is 0 Å². The maximum atomic E-state index is 5.82. The quantitative estimate of drug-likeness (QED) is 0.561. The summed E-state index contributed by atoms with van der Waals surface area (Å²) in [6.45, 7) is 2.15. The van der Waals surface area contributed by atoms with Gasteiger partial charge in [-0.25, -0.2) is 0 Å². The second-order valence-corrected chi connectivity index (χ2v) is 5.95. The smallest absolute Gasteiger partial charge is 0.0514 e. The monoisotopic (exact) mass is 282 g/mol. The van der Waals surface area contributed by atoms with Gasteiger partial charge in [-0.05, 0) is 46.9 Å². The average Bonchev–Trinajstić information content (AvgIpc) is 2.95. The van der Waals surface area contributed by atoms with E-state index >= 15 is 0 Å². The van der Waals surface area contributed by atoms with Gasteiger partial charge in [-0.3, -0.25) is 11.3 Å². The molecule has 1 unspecified atom stereocenters. The molecule has 0 saturated carbocycles. The van der Waals surface area contributed by atoms with E-state index in [1.165, 1.54) is 26.8 Å². The molecule has 3 N–H and O–H groups in total. The van der Waals surface area contributed by atoms with Crippen LogP contribution in [0.25, 0.3) is 10.1 Å². The predicted molar refractivity (Wildman–Crippen MR) is 86.8 cm³/mol. The van der Waals surface area contributed by atoms with Gasteiger partial charge in [0.1, 0.15) is 0 Å². The molecular weight excluding hydrogens is 264 g/mol. The Labute approximate surface area is 123 Å². The second kappa shape index (κ2) is 5.75. The van der Waals surface area contributed by atoms with Crippen molar-refractivity contribution in [2.75, 3.05) is 0 Å². The molecule has 0 spiro atoms. The molecule has 0 fully saturated rings. The Balaban J connectivity index is 1.98. The number of rotatable bonds is 4. The van der Waals surface area contributed by atoms with Crippen molar-refractivity contribution in [2.45, 2.75) is 19.4 Å². The minimum atomic E-state index is 0.137. The van der Waals surface area contributed by atoms with Crippen LogP contribution in [0.3, 0.4) is 0 Å². The Bertz CT molecular complexity index is 718. The van der Waals surface area contributed by atoms with Crippen molar-refractivity contribution in [3.8, 4) is 0 Å². The minimum Gasteiger partial charge on any atom is -0.271 e. The number of aryl methyl sites for hydroxylation is 1. The van der Waals surface area contributed by atoms with Gasteiger partial charge in [0.25, 0.3) is 0 Å². The van der Waals surface area contributed by atoms with Crippen molar-refractivity contribution < 1.29 is 0 Å². The molecule has 2 aromatic carbocycles. The molecule has 0 saturated heterocycles. The summed E-state index contributed by atoms with van der Waals surface area (Å²) in [7, 11) is 0. The molecule has 2 nitrogen and oxygen atoms in total. The minimum absolute atomic E-state index is 0.137. The second-order valence-electron chi connectivity index (χ2n) is 5.04. The molecular formula is C17H18N2S. The lowest BCUT2D eigenvalue weighted by molar-refractivity contribution is 0.555. The van der Waals surface area contributed by atoms with Gasteiger partial charge in [-0.15, -0.1) is 11.3 Å². The fraction of sp³-hybridized carbons (Fsp3) is 0.176. The number of benzene rings is 2. The standard InChI is InChI=1S/C17H18N2S/c1-12-5-2-3-6-14(12)11-16(19-18)15-8-4-7-13-9-10-20-17(13)15/h2-10,16,19H,11,18H2,1H3. The first-order valence-electron chi connectivity index (χ1n) is 6.76. The van der Waals surface area contributed by atoms with Crippen LogP contribution < -0.4 is 11.3 Å². The van der Waals surface area contributed by atoms with Crippen LogP contribution >= 0.6 is 11.3 Å². The zero-order chi connectivity index (χ0) is 13.9. The molecule has 0 aliphatic carbocycles. The van der Waals surface area contributed by atoms with Crippen LogP contribution in [0.15, 0.2) is 53.9 Å². The van der Waals surface area contributed by atoms with E-state index in [2.05, 4.69) is 66.3 Å². The molecule has 0 bridgehead atoms. The van der Waals surface area contributed by atoms with Crippen molar-refractivity contribution in [1.29, 1.82) is 0 Å². The normalized spacial score (nSPS) is 12.7. The van der Waals surface area contributed by atoms with Crippen LogP contribution in [0.4, 0.5) is 0 Å². The van der Waals surface area contributed by atoms with E-state index < -0.39 is 0 Å². The van der Waals surface area contributed by atoms with Crippen molar-refractivity contribution in [2.24, 2.45) is 5.84 Å². The molecule has 1 heterocycles. The highest BCUT2D eigenvalue weighted by atomic mass is 32.1. The van der Waals surface area contributed by atoms with Gasteiger partial charge in [0.05, 0.1) is 6.04 Å². The number of hydrogen-bond acceptors (Lipinski definition) is 3. The van der Waals surface area contributed by atoms with E-state index in [9.17, 15) is 0 Å². The van der Waals surface area contributed by atoms with E-state index in [1.54, 1.807) is 11.3 Å². The average molecular weight is 282 g/mol. The van der Waals surface area contributed by atoms with E-state index in [4.69, 9.17) is 5.84 Å². The van der Waals surface area contributed by atoms with E-state index in [1.807, 2.05) is 0 Å². The van der Waals surface area contributed by atoms with Gasteiger partial charge < -0.3 is 0 Å². The molecule has 0 amide bonds. The van der Waals surface area contributed by atoms with Crippen LogP contribution in [-0.4, -0.2) is 0 Å². The number of nitrogens with two attached hydrogens (primary N) is 1. The Kier molecular flexibility index (Phi) is 3.83. The third kappa shape index (κ3) is 2.48. The topological polar surface area (TPSA) is 38.0 Å². The van der Waals surface area contributed by atoms with Crippen molar-refractivity contribution in [3.63, 3.8) is 0 Å². The number of hydrogen-bond donors (Lipinski definition) is 2. The van der Waals surface area contributed by atoms with Crippen LogP contribution in [-0.2, 0) is 6.42 Å². The summed E-state index contributed by atoms with van der Waals surface area (Å²) in [5.74, 6) is 5.82. The summed E-state index contributed by atoms with van der Waals surface area (Å²) in [5, 5.41) is 3.42. The molecule has 20 heavy (non-hydrogen) atoms. The van der Waals surface area contributed by atoms with E-state index in [0.717, 1.165) is 6.42 Å². The van der Waals surface area contributed by atoms with Gasteiger partial charge in [-0.1, -0.05) is 42.5 Å². The Morgan fingerprint density at radius 1 is 1.10 bits per heavy atom. The van der Waals surface area contributed by atoms with Gasteiger partial charge in [0.15, 0.2) is 0 Å². The van der Waals surface area contributed by atoms with E-state index in [-0.39, 0.29) is 6.04 Å². The SMILES string of the molecule is Cc1ccccc1CC(NN)c1cccc2ccsc12. The van der Waals surface area contributed by atoms with Crippen LogP contribution in [0.2, 0.25) is 0 Å². The van der Waals surface area contributed by atoms with Crippen LogP contribution in [0.5, 0.6) is 0 Å². The number of hydrazine groups is 1. The lowest BCUT2D eigenvalue weighted by Crippen LogP contribution is -2.29. The summed E-state index contributed by atoms with van der Waals surface area (Å²) in [4.78, 5) is 0. The van der Waals surface area contributed by atoms with Crippen LogP contribution in [0.1, 0.15) is 22.7 Å². The first kappa shape index (κ1) is 13.3. The Morgan fingerprint density at radius 2 is 1.95 bits per heavy atom. The predicted octanol–water partition coefficient (Wildman–Crippen LogP) is 3.96. The summed E-state index contributed by atoms with van der Waals surface area (Å²) in [6.07, 6.45) is 0.903. The summed E-state index contributed by atoms with van der Waals surface area (Å²) < 4.78 is 1.32. The number of fused-ring (bicyclic) bond motifs is 1. The molecule has 3 rings (SSSR count).